The van der Waals surface area contributed by atoms with Crippen LogP contribution in [0.3, 0.4) is 0 Å². The van der Waals surface area contributed by atoms with Crippen LogP contribution < -0.4 is 0 Å². The molecule has 0 aromatic rings. The molecule has 0 radical (unpaired) electrons. The molecule has 0 amide bonds. The Hall–Kier alpha value is 1.30. The summed E-state index contributed by atoms with van der Waals surface area (Å²) in [5.74, 6) is 0. The molecule has 0 rings (SSSR count). The number of hydrogen-bond donors (Lipinski definition) is 0. The second-order valence-corrected chi connectivity index (χ2v) is 5.68. The summed E-state index contributed by atoms with van der Waals surface area (Å²) >= 11 is -0.826. The second-order valence-electron chi connectivity index (χ2n) is 1.95. The van der Waals surface area contributed by atoms with Gasteiger partial charge in [-0.2, -0.15) is 28.2 Å². The van der Waals surface area contributed by atoms with Crippen LogP contribution in [-0.4, -0.2) is 55.6 Å². The molecule has 0 unspecified atom stereocenters. The zero-order valence-corrected chi connectivity index (χ0v) is 14.4. The Bertz CT molecular complexity index is 59.2. The quantitative estimate of drug-likeness (QED) is 0.742. The van der Waals surface area contributed by atoms with E-state index in [0.717, 1.165) is 0 Å². The van der Waals surface area contributed by atoms with E-state index in [1.54, 1.807) is 42.4 Å². The van der Waals surface area contributed by atoms with Crippen molar-refractivity contribution in [1.82, 2.24) is 0 Å². The molecule has 4 nitrogen and oxygen atoms in total. The molecule has 0 N–H and O–H groups in total. The first kappa shape index (κ1) is 25.2. The minimum absolute atomic E-state index is 0.691. The van der Waals surface area contributed by atoms with E-state index in [-0.39, 0.29) is 0 Å². The van der Waals surface area contributed by atoms with E-state index in [2.05, 4.69) is 20.1 Å². The summed E-state index contributed by atoms with van der Waals surface area (Å²) in [5, 5.41) is 7.00. The van der Waals surface area contributed by atoms with Crippen molar-refractivity contribution in [1.29, 1.82) is 0 Å². The molecule has 15 heavy (non-hydrogen) atoms. The molecule has 7 heteroatoms. The third kappa shape index (κ3) is 146. The predicted molar refractivity (Wildman–Crippen MR) is 65.9 cm³/mol. The molecule has 0 aliphatic heterocycles. The van der Waals surface area contributed by atoms with E-state index in [4.69, 9.17) is 17.0 Å². The summed E-state index contributed by atoms with van der Waals surface area (Å²) in [6.45, 7) is 1.38. The van der Waals surface area contributed by atoms with Gasteiger partial charge >= 0.3 is 37.9 Å². The van der Waals surface area contributed by atoms with Gasteiger partial charge in [0.1, 0.15) is 0 Å². The summed E-state index contributed by atoms with van der Waals surface area (Å²) < 4.78 is 9.31. The fourth-order valence-corrected chi connectivity index (χ4v) is 0.167. The van der Waals surface area contributed by atoms with Crippen molar-refractivity contribution in [3.63, 3.8) is 0 Å². The number of rotatable bonds is 3. The Labute approximate surface area is 113 Å². The van der Waals surface area contributed by atoms with Crippen LogP contribution in [0.1, 0.15) is 0 Å². The average molecular weight is 340 g/mol. The fourth-order valence-electron chi connectivity index (χ4n) is 0.167. The number of ether oxygens (including phenoxy) is 2. The molecule has 0 aliphatic carbocycles. The number of hydrogen-bond acceptors (Lipinski definition) is 2. The standard InChI is InChI=1S/C4H10O2.2C2H6N.2ClH.Zr/c1-5-3-4-6-2;2*1-3-2;;;/h3-4H2,1-2H3;2*1-2H3;2*1H;/q;2*-1;;;+4/p-2. The SMILES string of the molecule is COCCOC.C[N-]C.C[N-]C.[Cl][Zr+2][Cl]. The normalized spacial score (nSPS) is 6.67. The summed E-state index contributed by atoms with van der Waals surface area (Å²) in [6, 6.07) is 0. The number of nitrogens with zero attached hydrogens (tertiary/aromatic N) is 2. The zero-order valence-electron chi connectivity index (χ0n) is 10.4. The molecule has 0 fully saturated rings. The van der Waals surface area contributed by atoms with Crippen molar-refractivity contribution in [2.24, 2.45) is 0 Å². The predicted octanol–water partition coefficient (Wildman–Crippen LogP) is 2.90. The Kier molecular flexibility index (Phi) is 76.4. The molecule has 0 saturated carbocycles. The molecule has 94 valence electrons. The van der Waals surface area contributed by atoms with Gasteiger partial charge in [-0.05, 0) is 0 Å². The Morgan fingerprint density at radius 2 is 1.00 bits per heavy atom. The van der Waals surface area contributed by atoms with Crippen LogP contribution in [0.5, 0.6) is 0 Å². The first-order valence-electron chi connectivity index (χ1n) is 4.06. The van der Waals surface area contributed by atoms with E-state index >= 15 is 0 Å². The van der Waals surface area contributed by atoms with Gasteiger partial charge in [0.25, 0.3) is 0 Å². The van der Waals surface area contributed by atoms with Crippen LogP contribution in [0.2, 0.25) is 0 Å². The van der Waals surface area contributed by atoms with Crippen LogP contribution in [0.25, 0.3) is 10.6 Å². The Balaban J connectivity index is -0.0000000581. The van der Waals surface area contributed by atoms with Gasteiger partial charge < -0.3 is 20.1 Å². The minimum atomic E-state index is -0.826. The topological polar surface area (TPSA) is 46.7 Å². The molecule has 0 aromatic carbocycles. The van der Waals surface area contributed by atoms with E-state index in [1.165, 1.54) is 0 Å². The van der Waals surface area contributed by atoms with Gasteiger partial charge in [-0.1, -0.05) is 0 Å². The van der Waals surface area contributed by atoms with Gasteiger partial charge in [-0.3, -0.25) is 0 Å². The zero-order chi connectivity index (χ0) is 12.9. The molecule has 0 atom stereocenters. The summed E-state index contributed by atoms with van der Waals surface area (Å²) in [6.07, 6.45) is 0. The van der Waals surface area contributed by atoms with Gasteiger partial charge in [0.2, 0.25) is 0 Å². The van der Waals surface area contributed by atoms with Crippen molar-refractivity contribution in [3.8, 4) is 0 Å². The first-order valence-corrected chi connectivity index (χ1v) is 10.4. The molecule has 0 aromatic heterocycles. The van der Waals surface area contributed by atoms with Crippen molar-refractivity contribution >= 4 is 17.0 Å². The third-order valence-electron chi connectivity index (χ3n) is 0.492. The first-order chi connectivity index (χ1) is 7.16. The van der Waals surface area contributed by atoms with Gasteiger partial charge in [-0.25, -0.2) is 0 Å². The summed E-state index contributed by atoms with van der Waals surface area (Å²) in [5.41, 5.74) is 0. The van der Waals surface area contributed by atoms with Gasteiger partial charge in [0, 0.05) is 14.2 Å². The molecular weight excluding hydrogens is 318 g/mol. The maximum absolute atomic E-state index is 4.93. The molecule has 0 aliphatic rings. The second kappa shape index (κ2) is 45.4. The maximum atomic E-state index is 4.93. The molecule has 0 bridgehead atoms. The summed E-state index contributed by atoms with van der Waals surface area (Å²) in [4.78, 5) is 0. The summed E-state index contributed by atoms with van der Waals surface area (Å²) in [7, 11) is 20.2. The van der Waals surface area contributed by atoms with Gasteiger partial charge in [-0.15, -0.1) is 0 Å². The van der Waals surface area contributed by atoms with Crippen LogP contribution in [0.4, 0.5) is 0 Å². The van der Waals surface area contributed by atoms with E-state index in [9.17, 15) is 0 Å². The van der Waals surface area contributed by atoms with Gasteiger partial charge in [0.15, 0.2) is 0 Å². The van der Waals surface area contributed by atoms with Crippen molar-refractivity contribution in [2.75, 3.05) is 55.6 Å². The molecule has 0 heterocycles. The van der Waals surface area contributed by atoms with Crippen LogP contribution in [-0.2, 0) is 30.3 Å². The van der Waals surface area contributed by atoms with Crippen LogP contribution in [0.15, 0.2) is 0 Å². The van der Waals surface area contributed by atoms with Crippen LogP contribution in [0, 0.1) is 0 Å². The van der Waals surface area contributed by atoms with E-state index in [0.29, 0.717) is 13.2 Å². The molecule has 0 spiro atoms. The van der Waals surface area contributed by atoms with Crippen molar-refractivity contribution < 1.29 is 30.3 Å². The molecular formula is C8H22Cl2N2O2Zr. The van der Waals surface area contributed by atoms with E-state index in [1.807, 2.05) is 0 Å². The number of methoxy groups -OCH3 is 2. The average Bonchev–Trinajstić information content (AvgIpc) is 2.18. The van der Waals surface area contributed by atoms with Crippen LogP contribution >= 0.6 is 17.0 Å². The van der Waals surface area contributed by atoms with Gasteiger partial charge in [0.05, 0.1) is 13.2 Å². The Morgan fingerprint density at radius 1 is 0.867 bits per heavy atom. The fraction of sp³-hybridized carbons (Fsp3) is 1.00. The third-order valence-corrected chi connectivity index (χ3v) is 0.492. The van der Waals surface area contributed by atoms with E-state index < -0.39 is 20.8 Å². The molecule has 0 saturated heterocycles. The monoisotopic (exact) mass is 338 g/mol. The van der Waals surface area contributed by atoms with Crippen molar-refractivity contribution in [2.45, 2.75) is 0 Å². The number of halogens is 2. The Morgan fingerprint density at radius 3 is 1.07 bits per heavy atom. The van der Waals surface area contributed by atoms with Crippen molar-refractivity contribution in [3.05, 3.63) is 10.6 Å².